The van der Waals surface area contributed by atoms with Crippen LogP contribution in [0.5, 0.6) is 11.6 Å². The number of rotatable bonds is 6. The van der Waals surface area contributed by atoms with Gasteiger partial charge in [-0.3, -0.25) is 19.9 Å². The van der Waals surface area contributed by atoms with E-state index in [0.717, 1.165) is 34.4 Å². The van der Waals surface area contributed by atoms with Crippen LogP contribution in [0, 0.1) is 12.7 Å². The van der Waals surface area contributed by atoms with Gasteiger partial charge in [0.2, 0.25) is 5.88 Å². The highest BCUT2D eigenvalue weighted by Gasteiger charge is 2.30. The minimum Gasteiger partial charge on any atom is -0.435 e. The number of anilines is 2. The van der Waals surface area contributed by atoms with Crippen LogP contribution < -0.4 is 10.1 Å². The van der Waals surface area contributed by atoms with Crippen molar-refractivity contribution in [3.63, 3.8) is 0 Å². The largest absolute Gasteiger partial charge is 0.435 e. The molecule has 1 fully saturated rings. The molecule has 3 N–H and O–H groups in total. The molecule has 0 spiro atoms. The van der Waals surface area contributed by atoms with E-state index in [-0.39, 0.29) is 28.9 Å². The van der Waals surface area contributed by atoms with Gasteiger partial charge in [-0.1, -0.05) is 6.07 Å². The fraction of sp³-hybridized carbons (Fsp3) is 0.143. The standard InChI is InChI=1S/C28H22FN9O2/c1-15-11-17-18(34-15)5-6-22(25(17)29)40-27-24(28(39)38-9-2-10-38)26(32-14-33-27)35-23-13-20(36-37-23)16-3-4-19-21(12-16)31-8-7-30-19/h3-8,11-14,34H,2,9-10H2,1H3,(H2,32,33,35,36,37). The second-order valence-electron chi connectivity index (χ2n) is 9.49. The number of aryl methyl sites for hydroxylation is 1. The zero-order valence-electron chi connectivity index (χ0n) is 21.3. The van der Waals surface area contributed by atoms with E-state index < -0.39 is 5.82 Å². The average Bonchev–Trinajstić information content (AvgIpc) is 3.55. The van der Waals surface area contributed by atoms with Crippen molar-refractivity contribution in [1.29, 1.82) is 0 Å². The number of hydrogen-bond donors (Lipinski definition) is 3. The lowest BCUT2D eigenvalue weighted by atomic mass is 10.1. The van der Waals surface area contributed by atoms with E-state index in [4.69, 9.17) is 4.74 Å². The van der Waals surface area contributed by atoms with E-state index in [0.29, 0.717) is 29.8 Å². The van der Waals surface area contributed by atoms with Crippen molar-refractivity contribution >= 4 is 39.5 Å². The Labute approximate surface area is 226 Å². The molecule has 2 aromatic carbocycles. The summed E-state index contributed by atoms with van der Waals surface area (Å²) in [6, 6.07) is 12.4. The van der Waals surface area contributed by atoms with Gasteiger partial charge in [0.25, 0.3) is 5.91 Å². The molecule has 0 aliphatic carbocycles. The van der Waals surface area contributed by atoms with Gasteiger partial charge in [-0.05, 0) is 43.7 Å². The highest BCUT2D eigenvalue weighted by molar-refractivity contribution is 6.02. The number of aromatic amines is 2. The van der Waals surface area contributed by atoms with Crippen molar-refractivity contribution < 1.29 is 13.9 Å². The smallest absolute Gasteiger partial charge is 0.263 e. The Morgan fingerprint density at radius 2 is 1.88 bits per heavy atom. The number of ether oxygens (including phenoxy) is 1. The van der Waals surface area contributed by atoms with Crippen molar-refractivity contribution in [2.75, 3.05) is 18.4 Å². The van der Waals surface area contributed by atoms with Crippen LogP contribution in [0.2, 0.25) is 0 Å². The van der Waals surface area contributed by atoms with Gasteiger partial charge in [0.15, 0.2) is 23.2 Å². The third-order valence-electron chi connectivity index (χ3n) is 6.82. The van der Waals surface area contributed by atoms with Gasteiger partial charge in [-0.15, -0.1) is 0 Å². The van der Waals surface area contributed by atoms with Gasteiger partial charge < -0.3 is 19.9 Å². The number of amides is 1. The summed E-state index contributed by atoms with van der Waals surface area (Å²) in [5.41, 5.74) is 4.70. The summed E-state index contributed by atoms with van der Waals surface area (Å²) >= 11 is 0. The molecule has 1 amide bonds. The zero-order chi connectivity index (χ0) is 27.2. The Kier molecular flexibility index (Phi) is 5.58. The molecule has 0 atom stereocenters. The first kappa shape index (κ1) is 23.7. The number of nitrogens with zero attached hydrogens (tertiary/aromatic N) is 6. The summed E-state index contributed by atoms with van der Waals surface area (Å²) in [6.07, 6.45) is 5.44. The maximum atomic E-state index is 15.3. The number of fused-ring (bicyclic) bond motifs is 2. The van der Waals surface area contributed by atoms with E-state index >= 15 is 4.39 Å². The number of carbonyl (C=O) groups excluding carboxylic acids is 1. The van der Waals surface area contributed by atoms with Gasteiger partial charge in [-0.2, -0.15) is 5.10 Å². The van der Waals surface area contributed by atoms with Gasteiger partial charge in [0, 0.05) is 53.7 Å². The molecule has 0 radical (unpaired) electrons. The highest BCUT2D eigenvalue weighted by Crippen LogP contribution is 2.35. The molecule has 11 nitrogen and oxygen atoms in total. The zero-order valence-corrected chi connectivity index (χ0v) is 21.3. The van der Waals surface area contributed by atoms with Crippen LogP contribution >= 0.6 is 0 Å². The molecule has 5 heterocycles. The highest BCUT2D eigenvalue weighted by atomic mass is 19.1. The van der Waals surface area contributed by atoms with Crippen LogP contribution in [0.25, 0.3) is 33.2 Å². The molecule has 0 saturated carbocycles. The molecule has 1 aliphatic rings. The minimum atomic E-state index is -0.547. The van der Waals surface area contributed by atoms with Crippen LogP contribution in [0.3, 0.4) is 0 Å². The van der Waals surface area contributed by atoms with Crippen molar-refractivity contribution in [2.45, 2.75) is 13.3 Å². The Morgan fingerprint density at radius 1 is 1.02 bits per heavy atom. The number of likely N-dealkylation sites (tertiary alicyclic amines) is 1. The first-order valence-corrected chi connectivity index (χ1v) is 12.7. The van der Waals surface area contributed by atoms with Gasteiger partial charge in [0.1, 0.15) is 11.9 Å². The molecular formula is C28H22FN9O2. The summed E-state index contributed by atoms with van der Waals surface area (Å²) in [6.45, 7) is 3.06. The molecule has 6 aromatic rings. The fourth-order valence-electron chi connectivity index (χ4n) is 4.67. The van der Waals surface area contributed by atoms with Crippen molar-refractivity contribution in [1.82, 2.24) is 40.0 Å². The van der Waals surface area contributed by atoms with E-state index in [9.17, 15) is 4.79 Å². The molecule has 198 valence electrons. The topological polar surface area (TPSA) is 138 Å². The van der Waals surface area contributed by atoms with E-state index in [2.05, 4.69) is 40.4 Å². The Bertz CT molecular complexity index is 1910. The molecule has 1 saturated heterocycles. The number of H-pyrrole nitrogens is 2. The lowest BCUT2D eigenvalue weighted by molar-refractivity contribution is 0.0649. The van der Waals surface area contributed by atoms with Gasteiger partial charge in [0.05, 0.1) is 16.7 Å². The molecule has 40 heavy (non-hydrogen) atoms. The monoisotopic (exact) mass is 535 g/mol. The maximum Gasteiger partial charge on any atom is 0.263 e. The van der Waals surface area contributed by atoms with E-state index in [1.165, 1.54) is 12.4 Å². The lowest BCUT2D eigenvalue weighted by Gasteiger charge is -2.31. The second-order valence-corrected chi connectivity index (χ2v) is 9.49. The van der Waals surface area contributed by atoms with Crippen LogP contribution in [-0.4, -0.2) is 59.0 Å². The summed E-state index contributed by atoms with van der Waals surface area (Å²) in [4.78, 5) is 35.4. The number of nitrogens with one attached hydrogen (secondary N) is 3. The first-order chi connectivity index (χ1) is 19.5. The van der Waals surface area contributed by atoms with Crippen molar-refractivity contribution in [3.8, 4) is 22.9 Å². The van der Waals surface area contributed by atoms with Crippen LogP contribution in [0.4, 0.5) is 16.0 Å². The van der Waals surface area contributed by atoms with Crippen LogP contribution in [0.15, 0.2) is 61.2 Å². The number of benzene rings is 2. The molecule has 7 rings (SSSR count). The molecule has 0 bridgehead atoms. The van der Waals surface area contributed by atoms with Crippen molar-refractivity contribution in [2.24, 2.45) is 0 Å². The SMILES string of the molecule is Cc1cc2c(F)c(Oc3ncnc(Nc4cc(-c5ccc6nccnc6c5)[nH]n4)c3C(=O)N3CCC3)ccc2[nH]1. The summed E-state index contributed by atoms with van der Waals surface area (Å²) < 4.78 is 21.2. The predicted molar refractivity (Wildman–Crippen MR) is 146 cm³/mol. The molecular weight excluding hydrogens is 513 g/mol. The summed E-state index contributed by atoms with van der Waals surface area (Å²) in [5, 5.41) is 10.8. The van der Waals surface area contributed by atoms with E-state index in [1.54, 1.807) is 35.5 Å². The Hall–Kier alpha value is -5.39. The summed E-state index contributed by atoms with van der Waals surface area (Å²) in [7, 11) is 0. The van der Waals surface area contributed by atoms with Gasteiger partial charge in [-0.25, -0.2) is 14.4 Å². The number of hydrogen-bond acceptors (Lipinski definition) is 8. The molecule has 12 heteroatoms. The second kappa shape index (κ2) is 9.42. The van der Waals surface area contributed by atoms with Gasteiger partial charge >= 0.3 is 0 Å². The van der Waals surface area contributed by atoms with Crippen molar-refractivity contribution in [3.05, 3.63) is 78.3 Å². The van der Waals surface area contributed by atoms with E-state index in [1.807, 2.05) is 25.1 Å². The number of aromatic nitrogens is 7. The normalized spacial score (nSPS) is 13.0. The fourth-order valence-corrected chi connectivity index (χ4v) is 4.67. The minimum absolute atomic E-state index is 0.0460. The third-order valence-corrected chi connectivity index (χ3v) is 6.82. The number of halogens is 1. The molecule has 4 aromatic heterocycles. The Morgan fingerprint density at radius 3 is 2.70 bits per heavy atom. The molecule has 0 unspecified atom stereocenters. The molecule has 1 aliphatic heterocycles. The average molecular weight is 536 g/mol. The first-order valence-electron chi connectivity index (χ1n) is 12.7. The maximum absolute atomic E-state index is 15.3. The predicted octanol–water partition coefficient (Wildman–Crippen LogP) is 5.12. The lowest BCUT2D eigenvalue weighted by Crippen LogP contribution is -2.42. The number of carbonyl (C=O) groups is 1. The van der Waals surface area contributed by atoms with Crippen LogP contribution in [-0.2, 0) is 0 Å². The summed E-state index contributed by atoms with van der Waals surface area (Å²) in [5.74, 6) is -0.337. The van der Waals surface area contributed by atoms with Crippen LogP contribution in [0.1, 0.15) is 22.5 Å². The Balaban J connectivity index is 1.23. The quantitative estimate of drug-likeness (QED) is 0.267. The third kappa shape index (κ3) is 4.15.